The number of sulfonamides is 1. The molecule has 21 heavy (non-hydrogen) atoms. The molecule has 1 aromatic rings. The maximum absolute atomic E-state index is 12.6. The van der Waals surface area contributed by atoms with Crippen molar-refractivity contribution >= 4 is 27.4 Å². The molecule has 1 fully saturated rings. The molecule has 0 amide bonds. The molecule has 1 atom stereocenters. The predicted octanol–water partition coefficient (Wildman–Crippen LogP) is 2.20. The minimum Gasteiger partial charge on any atom is -0.300 e. The van der Waals surface area contributed by atoms with Crippen LogP contribution in [-0.4, -0.2) is 31.6 Å². The van der Waals surface area contributed by atoms with Gasteiger partial charge < -0.3 is 0 Å². The fourth-order valence-corrected chi connectivity index (χ4v) is 4.45. The highest BCUT2D eigenvalue weighted by atomic mass is 35.5. The molecule has 1 heterocycles. The van der Waals surface area contributed by atoms with E-state index >= 15 is 0 Å². The number of halogens is 1. The average molecular weight is 327 g/mol. The number of carbonyl (C=O) groups is 1. The summed E-state index contributed by atoms with van der Waals surface area (Å²) in [7, 11) is -3.74. The van der Waals surface area contributed by atoms with Gasteiger partial charge in [-0.2, -0.15) is 9.57 Å². The summed E-state index contributed by atoms with van der Waals surface area (Å²) in [5.74, 6) is -0.258. The highest BCUT2D eigenvalue weighted by molar-refractivity contribution is 7.89. The first-order valence-corrected chi connectivity index (χ1v) is 8.38. The molecule has 0 radical (unpaired) electrons. The fraction of sp³-hybridized carbons (Fsp3) is 0.429. The monoisotopic (exact) mass is 326 g/mol. The van der Waals surface area contributed by atoms with Crippen LogP contribution in [0.25, 0.3) is 0 Å². The molecule has 7 heteroatoms. The standard InChI is InChI=1S/C14H15ClN2O3S/c1-10(18)12-3-2-6-17(9-12)21(19,20)14-5-4-11(8-16)7-13(14)15/h4-5,7,12H,2-3,6,9H2,1H3. The van der Waals surface area contributed by atoms with E-state index in [2.05, 4.69) is 0 Å². The zero-order valence-corrected chi connectivity index (χ0v) is 13.1. The van der Waals surface area contributed by atoms with Gasteiger partial charge in [0, 0.05) is 19.0 Å². The Kier molecular flexibility index (Phi) is 4.67. The van der Waals surface area contributed by atoms with Crippen LogP contribution in [0.2, 0.25) is 5.02 Å². The topological polar surface area (TPSA) is 78.2 Å². The second-order valence-electron chi connectivity index (χ2n) is 5.07. The molecule has 112 valence electrons. The molecular weight excluding hydrogens is 312 g/mol. The molecule has 1 aromatic carbocycles. The van der Waals surface area contributed by atoms with Crippen molar-refractivity contribution < 1.29 is 13.2 Å². The lowest BCUT2D eigenvalue weighted by atomic mass is 9.96. The molecule has 0 saturated carbocycles. The van der Waals surface area contributed by atoms with E-state index < -0.39 is 10.0 Å². The molecule has 0 N–H and O–H groups in total. The Balaban J connectivity index is 2.34. The maximum atomic E-state index is 12.6. The van der Waals surface area contributed by atoms with E-state index in [0.717, 1.165) is 0 Å². The Bertz CT molecular complexity index is 709. The number of hydrogen-bond donors (Lipinski definition) is 0. The Morgan fingerprint density at radius 1 is 1.48 bits per heavy atom. The number of rotatable bonds is 3. The lowest BCUT2D eigenvalue weighted by molar-refractivity contribution is -0.121. The van der Waals surface area contributed by atoms with Crippen molar-refractivity contribution in [3.05, 3.63) is 28.8 Å². The van der Waals surface area contributed by atoms with Gasteiger partial charge in [0.2, 0.25) is 10.0 Å². The van der Waals surface area contributed by atoms with Crippen molar-refractivity contribution in [3.63, 3.8) is 0 Å². The SMILES string of the molecule is CC(=O)C1CCCN(S(=O)(=O)c2ccc(C#N)cc2Cl)C1. The van der Waals surface area contributed by atoms with Gasteiger partial charge >= 0.3 is 0 Å². The van der Waals surface area contributed by atoms with Crippen LogP contribution in [0, 0.1) is 17.2 Å². The molecule has 0 bridgehead atoms. The van der Waals surface area contributed by atoms with Gasteiger partial charge in [0.05, 0.1) is 16.7 Å². The van der Waals surface area contributed by atoms with Crippen molar-refractivity contribution in [2.24, 2.45) is 5.92 Å². The zero-order chi connectivity index (χ0) is 15.6. The van der Waals surface area contributed by atoms with Gasteiger partial charge in [0.1, 0.15) is 10.7 Å². The molecule has 0 spiro atoms. The van der Waals surface area contributed by atoms with E-state index in [0.29, 0.717) is 24.9 Å². The molecule has 0 aromatic heterocycles. The van der Waals surface area contributed by atoms with E-state index in [1.54, 1.807) is 0 Å². The van der Waals surface area contributed by atoms with Crippen LogP contribution in [0.3, 0.4) is 0 Å². The molecule has 1 aliphatic heterocycles. The second kappa shape index (κ2) is 6.14. The summed E-state index contributed by atoms with van der Waals surface area (Å²) in [6.07, 6.45) is 1.36. The first kappa shape index (κ1) is 16.0. The summed E-state index contributed by atoms with van der Waals surface area (Å²) in [5, 5.41) is 8.82. The highest BCUT2D eigenvalue weighted by Crippen LogP contribution is 2.29. The summed E-state index contributed by atoms with van der Waals surface area (Å²) in [5.41, 5.74) is 0.305. The van der Waals surface area contributed by atoms with Crippen LogP contribution in [0.5, 0.6) is 0 Å². The summed E-state index contributed by atoms with van der Waals surface area (Å²) in [4.78, 5) is 11.5. The van der Waals surface area contributed by atoms with E-state index in [9.17, 15) is 13.2 Å². The van der Waals surface area contributed by atoms with Crippen LogP contribution < -0.4 is 0 Å². The number of carbonyl (C=O) groups excluding carboxylic acids is 1. The van der Waals surface area contributed by atoms with Gasteiger partial charge in [-0.25, -0.2) is 8.42 Å². The second-order valence-corrected chi connectivity index (χ2v) is 7.38. The van der Waals surface area contributed by atoms with Crippen LogP contribution in [0.1, 0.15) is 25.3 Å². The normalized spacial score (nSPS) is 20.0. The number of hydrogen-bond acceptors (Lipinski definition) is 4. The summed E-state index contributed by atoms with van der Waals surface area (Å²) >= 11 is 5.99. The average Bonchev–Trinajstić information content (AvgIpc) is 2.46. The van der Waals surface area contributed by atoms with Gasteiger partial charge in [-0.3, -0.25) is 4.79 Å². The van der Waals surface area contributed by atoms with Gasteiger partial charge in [-0.15, -0.1) is 0 Å². The van der Waals surface area contributed by atoms with E-state index in [-0.39, 0.29) is 28.2 Å². The number of ketones is 1. The van der Waals surface area contributed by atoms with E-state index in [1.807, 2.05) is 6.07 Å². The highest BCUT2D eigenvalue weighted by Gasteiger charge is 2.33. The molecule has 1 aliphatic rings. The third-order valence-corrected chi connectivity index (χ3v) is 5.99. The Morgan fingerprint density at radius 2 is 2.19 bits per heavy atom. The third kappa shape index (κ3) is 3.26. The van der Waals surface area contributed by atoms with Crippen LogP contribution in [-0.2, 0) is 14.8 Å². The third-order valence-electron chi connectivity index (χ3n) is 3.64. The molecule has 0 aliphatic carbocycles. The lowest BCUT2D eigenvalue weighted by Gasteiger charge is -2.30. The van der Waals surface area contributed by atoms with Crippen molar-refractivity contribution in [1.29, 1.82) is 5.26 Å². The lowest BCUT2D eigenvalue weighted by Crippen LogP contribution is -2.41. The number of nitrogens with zero attached hydrogens (tertiary/aromatic N) is 2. The van der Waals surface area contributed by atoms with Gasteiger partial charge in [0.15, 0.2) is 0 Å². The number of Topliss-reactive ketones (excluding diaryl/α,β-unsaturated/α-hetero) is 1. The summed E-state index contributed by atoms with van der Waals surface area (Å²) in [6.45, 7) is 2.05. The van der Waals surface area contributed by atoms with Gasteiger partial charge in [-0.1, -0.05) is 11.6 Å². The van der Waals surface area contributed by atoms with Crippen molar-refractivity contribution in [2.45, 2.75) is 24.7 Å². The molecule has 5 nitrogen and oxygen atoms in total. The van der Waals surface area contributed by atoms with Crippen LogP contribution in [0.4, 0.5) is 0 Å². The molecular formula is C14H15ClN2O3S. The number of benzene rings is 1. The summed E-state index contributed by atoms with van der Waals surface area (Å²) in [6, 6.07) is 6.01. The number of piperidine rings is 1. The van der Waals surface area contributed by atoms with Crippen LogP contribution >= 0.6 is 11.6 Å². The van der Waals surface area contributed by atoms with Crippen molar-refractivity contribution in [2.75, 3.05) is 13.1 Å². The Labute approximate surface area is 129 Å². The van der Waals surface area contributed by atoms with Crippen LogP contribution in [0.15, 0.2) is 23.1 Å². The van der Waals surface area contributed by atoms with Crippen molar-refractivity contribution in [3.8, 4) is 6.07 Å². The van der Waals surface area contributed by atoms with E-state index in [4.69, 9.17) is 16.9 Å². The smallest absolute Gasteiger partial charge is 0.244 e. The molecule has 1 saturated heterocycles. The van der Waals surface area contributed by atoms with Crippen molar-refractivity contribution in [1.82, 2.24) is 4.31 Å². The minimum absolute atomic E-state index is 0.000764. The Hall–Kier alpha value is -1.42. The first-order valence-electron chi connectivity index (χ1n) is 6.56. The predicted molar refractivity (Wildman–Crippen MR) is 78.3 cm³/mol. The van der Waals surface area contributed by atoms with Gasteiger partial charge in [-0.05, 0) is 38.0 Å². The first-order chi connectivity index (χ1) is 9.86. The Morgan fingerprint density at radius 3 is 2.76 bits per heavy atom. The quantitative estimate of drug-likeness (QED) is 0.853. The fourth-order valence-electron chi connectivity index (χ4n) is 2.41. The zero-order valence-electron chi connectivity index (χ0n) is 11.5. The van der Waals surface area contributed by atoms with Gasteiger partial charge in [0.25, 0.3) is 0 Å². The van der Waals surface area contributed by atoms with E-state index in [1.165, 1.54) is 29.4 Å². The summed E-state index contributed by atoms with van der Waals surface area (Å²) < 4.78 is 26.5. The minimum atomic E-state index is -3.74. The largest absolute Gasteiger partial charge is 0.300 e. The maximum Gasteiger partial charge on any atom is 0.244 e. The number of nitriles is 1. The molecule has 1 unspecified atom stereocenters. The molecule has 2 rings (SSSR count).